The van der Waals surface area contributed by atoms with E-state index in [1.54, 1.807) is 0 Å². The largest absolute Gasteiger partial charge is 0.395 e. The van der Waals surface area contributed by atoms with Crippen LogP contribution in [0.15, 0.2) is 0 Å². The van der Waals surface area contributed by atoms with Gasteiger partial charge < -0.3 is 5.11 Å². The Bertz CT molecular complexity index is 117. The molecule has 0 spiro atoms. The van der Waals surface area contributed by atoms with E-state index in [-0.39, 0.29) is 0 Å². The molecule has 0 amide bonds. The van der Waals surface area contributed by atoms with E-state index in [2.05, 4.69) is 25.7 Å². The Kier molecular flexibility index (Phi) is 2.90. The molecule has 0 bridgehead atoms. The molecule has 0 saturated carbocycles. The van der Waals surface area contributed by atoms with Gasteiger partial charge in [0, 0.05) is 19.1 Å². The SMILES string of the molecule is C[C@@H]1CN([C@@H](C)CO)C[C@H]1C. The second-order valence-corrected chi connectivity index (χ2v) is 3.94. The fraction of sp³-hybridized carbons (Fsp3) is 1.00. The highest BCUT2D eigenvalue weighted by atomic mass is 16.3. The summed E-state index contributed by atoms with van der Waals surface area (Å²) >= 11 is 0. The summed E-state index contributed by atoms with van der Waals surface area (Å²) in [5, 5.41) is 8.93. The van der Waals surface area contributed by atoms with Crippen molar-refractivity contribution >= 4 is 0 Å². The minimum absolute atomic E-state index is 0.291. The van der Waals surface area contributed by atoms with Crippen LogP contribution >= 0.6 is 0 Å². The molecule has 2 heteroatoms. The third kappa shape index (κ3) is 1.94. The molecule has 1 aliphatic rings. The fourth-order valence-corrected chi connectivity index (χ4v) is 1.65. The van der Waals surface area contributed by atoms with E-state index in [1.807, 2.05) is 0 Å². The van der Waals surface area contributed by atoms with Gasteiger partial charge in [-0.3, -0.25) is 4.90 Å². The summed E-state index contributed by atoms with van der Waals surface area (Å²) in [6.07, 6.45) is 0. The third-order valence-corrected chi connectivity index (χ3v) is 2.90. The Morgan fingerprint density at radius 1 is 1.36 bits per heavy atom. The topological polar surface area (TPSA) is 23.5 Å². The number of likely N-dealkylation sites (tertiary alicyclic amines) is 1. The first-order valence-electron chi connectivity index (χ1n) is 4.50. The van der Waals surface area contributed by atoms with Crippen molar-refractivity contribution in [3.8, 4) is 0 Å². The van der Waals surface area contributed by atoms with Crippen LogP contribution in [0, 0.1) is 11.8 Å². The van der Waals surface area contributed by atoms with Crippen molar-refractivity contribution < 1.29 is 5.11 Å². The zero-order valence-electron chi connectivity index (χ0n) is 7.75. The maximum Gasteiger partial charge on any atom is 0.0584 e. The monoisotopic (exact) mass is 157 g/mol. The van der Waals surface area contributed by atoms with E-state index in [0.717, 1.165) is 24.9 Å². The van der Waals surface area contributed by atoms with E-state index >= 15 is 0 Å². The maximum atomic E-state index is 8.93. The second kappa shape index (κ2) is 3.55. The lowest BCUT2D eigenvalue weighted by Gasteiger charge is -2.21. The van der Waals surface area contributed by atoms with Crippen LogP contribution in [0.2, 0.25) is 0 Å². The number of nitrogens with zero attached hydrogens (tertiary/aromatic N) is 1. The molecule has 3 atom stereocenters. The lowest BCUT2D eigenvalue weighted by Crippen LogP contribution is -2.33. The summed E-state index contributed by atoms with van der Waals surface area (Å²) < 4.78 is 0. The van der Waals surface area contributed by atoms with Gasteiger partial charge in [-0.15, -0.1) is 0 Å². The molecule has 0 unspecified atom stereocenters. The van der Waals surface area contributed by atoms with E-state index in [0.29, 0.717) is 12.6 Å². The van der Waals surface area contributed by atoms with Crippen LogP contribution in [0.3, 0.4) is 0 Å². The predicted octanol–water partition coefficient (Wildman–Crippen LogP) is 0.955. The molecule has 0 aliphatic carbocycles. The summed E-state index contributed by atoms with van der Waals surface area (Å²) in [5.74, 6) is 1.59. The standard InChI is InChI=1S/C9H19NO/c1-7-4-10(5-8(7)2)9(3)6-11/h7-9,11H,4-6H2,1-3H3/t7-,8-,9+/m1/s1. The van der Waals surface area contributed by atoms with Gasteiger partial charge in [-0.2, -0.15) is 0 Å². The second-order valence-electron chi connectivity index (χ2n) is 3.94. The summed E-state index contributed by atoms with van der Waals surface area (Å²) in [7, 11) is 0. The molecule has 1 fully saturated rings. The Morgan fingerprint density at radius 2 is 1.82 bits per heavy atom. The highest BCUT2D eigenvalue weighted by Gasteiger charge is 2.28. The van der Waals surface area contributed by atoms with Gasteiger partial charge in [-0.1, -0.05) is 13.8 Å². The van der Waals surface area contributed by atoms with Crippen LogP contribution in [0.1, 0.15) is 20.8 Å². The van der Waals surface area contributed by atoms with Gasteiger partial charge >= 0.3 is 0 Å². The summed E-state index contributed by atoms with van der Waals surface area (Å²) in [5.41, 5.74) is 0. The van der Waals surface area contributed by atoms with Gasteiger partial charge in [0.15, 0.2) is 0 Å². The number of aliphatic hydroxyl groups is 1. The van der Waals surface area contributed by atoms with Crippen molar-refractivity contribution in [2.24, 2.45) is 11.8 Å². The van der Waals surface area contributed by atoms with Gasteiger partial charge in [0.05, 0.1) is 6.61 Å². The van der Waals surface area contributed by atoms with Crippen molar-refractivity contribution in [1.29, 1.82) is 0 Å². The lowest BCUT2D eigenvalue weighted by atomic mass is 10.0. The number of hydrogen-bond donors (Lipinski definition) is 1. The zero-order chi connectivity index (χ0) is 8.43. The highest BCUT2D eigenvalue weighted by molar-refractivity contribution is 4.81. The highest BCUT2D eigenvalue weighted by Crippen LogP contribution is 2.23. The van der Waals surface area contributed by atoms with Crippen LogP contribution < -0.4 is 0 Å². The number of hydrogen-bond acceptors (Lipinski definition) is 2. The number of rotatable bonds is 2. The molecule has 1 aliphatic heterocycles. The van der Waals surface area contributed by atoms with Gasteiger partial charge in [-0.25, -0.2) is 0 Å². The minimum atomic E-state index is 0.291. The average molecular weight is 157 g/mol. The molecular formula is C9H19NO. The smallest absolute Gasteiger partial charge is 0.0584 e. The molecular weight excluding hydrogens is 138 g/mol. The predicted molar refractivity (Wildman–Crippen MR) is 46.4 cm³/mol. The zero-order valence-corrected chi connectivity index (χ0v) is 7.75. The maximum absolute atomic E-state index is 8.93. The van der Waals surface area contributed by atoms with Crippen LogP contribution in [-0.4, -0.2) is 35.7 Å². The first-order valence-corrected chi connectivity index (χ1v) is 4.50. The van der Waals surface area contributed by atoms with E-state index in [4.69, 9.17) is 5.11 Å². The molecule has 0 aromatic rings. The van der Waals surface area contributed by atoms with Gasteiger partial charge in [0.25, 0.3) is 0 Å². The van der Waals surface area contributed by atoms with Crippen molar-refractivity contribution in [1.82, 2.24) is 4.90 Å². The van der Waals surface area contributed by atoms with Crippen molar-refractivity contribution in [3.05, 3.63) is 0 Å². The summed E-state index contributed by atoms with van der Waals surface area (Å²) in [6.45, 7) is 9.26. The molecule has 2 nitrogen and oxygen atoms in total. The van der Waals surface area contributed by atoms with E-state index in [1.165, 1.54) is 0 Å². The Balaban J connectivity index is 2.40. The molecule has 0 aromatic heterocycles. The van der Waals surface area contributed by atoms with E-state index in [9.17, 15) is 0 Å². The normalized spacial score (nSPS) is 36.0. The molecule has 11 heavy (non-hydrogen) atoms. The molecule has 66 valence electrons. The third-order valence-electron chi connectivity index (χ3n) is 2.90. The first kappa shape index (κ1) is 9.01. The van der Waals surface area contributed by atoms with Crippen molar-refractivity contribution in [2.45, 2.75) is 26.8 Å². The number of aliphatic hydroxyl groups excluding tert-OH is 1. The van der Waals surface area contributed by atoms with Gasteiger partial charge in [-0.05, 0) is 18.8 Å². The molecule has 0 aromatic carbocycles. The minimum Gasteiger partial charge on any atom is -0.395 e. The molecule has 1 N–H and O–H groups in total. The fourth-order valence-electron chi connectivity index (χ4n) is 1.65. The first-order chi connectivity index (χ1) is 5.15. The quantitative estimate of drug-likeness (QED) is 0.645. The summed E-state index contributed by atoms with van der Waals surface area (Å²) in [4.78, 5) is 2.37. The van der Waals surface area contributed by atoms with Crippen molar-refractivity contribution in [3.63, 3.8) is 0 Å². The van der Waals surface area contributed by atoms with Crippen LogP contribution in [0.4, 0.5) is 0 Å². The van der Waals surface area contributed by atoms with Crippen LogP contribution in [-0.2, 0) is 0 Å². The van der Waals surface area contributed by atoms with Gasteiger partial charge in [0.2, 0.25) is 0 Å². The van der Waals surface area contributed by atoms with Crippen LogP contribution in [0.25, 0.3) is 0 Å². The lowest BCUT2D eigenvalue weighted by molar-refractivity contribution is 0.153. The van der Waals surface area contributed by atoms with E-state index < -0.39 is 0 Å². The molecule has 0 radical (unpaired) electrons. The molecule has 1 saturated heterocycles. The molecule has 1 heterocycles. The van der Waals surface area contributed by atoms with Gasteiger partial charge in [0.1, 0.15) is 0 Å². The average Bonchev–Trinajstić information content (AvgIpc) is 2.31. The van der Waals surface area contributed by atoms with Crippen LogP contribution in [0.5, 0.6) is 0 Å². The molecule has 1 rings (SSSR count). The Hall–Kier alpha value is -0.0800. The Labute approximate surface area is 69.2 Å². The summed E-state index contributed by atoms with van der Waals surface area (Å²) in [6, 6.07) is 0.349. The Morgan fingerprint density at radius 3 is 2.18 bits per heavy atom. The van der Waals surface area contributed by atoms with Crippen molar-refractivity contribution in [2.75, 3.05) is 19.7 Å².